The van der Waals surface area contributed by atoms with Crippen molar-refractivity contribution in [2.45, 2.75) is 45.2 Å². The number of aromatic nitrogens is 2. The van der Waals surface area contributed by atoms with E-state index in [0.29, 0.717) is 30.1 Å². The van der Waals surface area contributed by atoms with E-state index in [0.717, 1.165) is 55.5 Å². The molecule has 0 saturated heterocycles. The Morgan fingerprint density at radius 1 is 1.03 bits per heavy atom. The fourth-order valence-electron chi connectivity index (χ4n) is 5.44. The molecule has 1 aliphatic heterocycles. The lowest BCUT2D eigenvalue weighted by Gasteiger charge is -2.35. The fourth-order valence-corrected chi connectivity index (χ4v) is 5.44. The highest BCUT2D eigenvalue weighted by Gasteiger charge is 2.31. The zero-order valence-corrected chi connectivity index (χ0v) is 19.8. The van der Waals surface area contributed by atoms with Gasteiger partial charge in [0.2, 0.25) is 5.91 Å². The number of hydrogen-bond donors (Lipinski definition) is 0. The molecule has 2 aromatic carbocycles. The fraction of sp³-hybridized carbons (Fsp3) is 0.444. The Hall–Kier alpha value is -3.35. The number of methoxy groups -OCH3 is 2. The van der Waals surface area contributed by atoms with Crippen molar-refractivity contribution in [1.29, 1.82) is 0 Å². The molecule has 1 aromatic heterocycles. The van der Waals surface area contributed by atoms with Crippen LogP contribution in [0.4, 0.5) is 0 Å². The van der Waals surface area contributed by atoms with Gasteiger partial charge in [-0.2, -0.15) is 0 Å². The SMILES string of the molecule is COc1cc2c(cc1OC)CN(C(=O)C1CCC(Cn3cnc4ccccc4c3=O)CC1)CC2. The number of hydrogen-bond acceptors (Lipinski definition) is 5. The second-order valence-electron chi connectivity index (χ2n) is 9.42. The average molecular weight is 462 g/mol. The number of rotatable bonds is 5. The van der Waals surface area contributed by atoms with E-state index >= 15 is 0 Å². The average Bonchev–Trinajstić information content (AvgIpc) is 2.89. The Morgan fingerprint density at radius 2 is 1.74 bits per heavy atom. The van der Waals surface area contributed by atoms with Crippen LogP contribution in [-0.4, -0.2) is 41.1 Å². The van der Waals surface area contributed by atoms with Gasteiger partial charge < -0.3 is 14.4 Å². The normalized spacial score (nSPS) is 20.1. The molecular weight excluding hydrogens is 430 g/mol. The molecule has 1 saturated carbocycles. The van der Waals surface area contributed by atoms with Gasteiger partial charge in [0.1, 0.15) is 0 Å². The number of ether oxygens (including phenoxy) is 2. The third kappa shape index (κ3) is 4.27. The zero-order chi connectivity index (χ0) is 23.7. The number of fused-ring (bicyclic) bond motifs is 2. The van der Waals surface area contributed by atoms with Crippen molar-refractivity contribution in [3.63, 3.8) is 0 Å². The largest absolute Gasteiger partial charge is 0.493 e. The number of para-hydroxylation sites is 1. The van der Waals surface area contributed by atoms with E-state index in [1.54, 1.807) is 25.1 Å². The summed E-state index contributed by atoms with van der Waals surface area (Å²) in [6.07, 6.45) is 6.13. The molecule has 0 radical (unpaired) electrons. The number of benzene rings is 2. The summed E-state index contributed by atoms with van der Waals surface area (Å²) in [4.78, 5) is 32.6. The molecule has 1 aliphatic carbocycles. The molecule has 3 aromatic rings. The third-order valence-corrected chi connectivity index (χ3v) is 7.41. The van der Waals surface area contributed by atoms with E-state index in [1.165, 1.54) is 5.56 Å². The van der Waals surface area contributed by atoms with E-state index in [2.05, 4.69) is 4.98 Å². The first-order valence-corrected chi connectivity index (χ1v) is 12.0. The highest BCUT2D eigenvalue weighted by Crippen LogP contribution is 2.35. The third-order valence-electron chi connectivity index (χ3n) is 7.41. The minimum atomic E-state index is 0.0165. The lowest BCUT2D eigenvalue weighted by molar-refractivity contribution is -0.137. The van der Waals surface area contributed by atoms with Gasteiger partial charge in [-0.3, -0.25) is 14.2 Å². The van der Waals surface area contributed by atoms with Gasteiger partial charge in [0.05, 0.1) is 31.4 Å². The van der Waals surface area contributed by atoms with Crippen LogP contribution >= 0.6 is 0 Å². The van der Waals surface area contributed by atoms with Crippen LogP contribution in [0.15, 0.2) is 47.5 Å². The van der Waals surface area contributed by atoms with E-state index in [9.17, 15) is 9.59 Å². The molecule has 7 heteroatoms. The van der Waals surface area contributed by atoms with E-state index in [1.807, 2.05) is 41.3 Å². The Kier molecular flexibility index (Phi) is 6.26. The summed E-state index contributed by atoms with van der Waals surface area (Å²) < 4.78 is 12.6. The molecule has 1 amide bonds. The molecule has 178 valence electrons. The molecule has 2 aliphatic rings. The Morgan fingerprint density at radius 3 is 2.47 bits per heavy atom. The van der Waals surface area contributed by atoms with Crippen LogP contribution in [-0.2, 0) is 24.3 Å². The summed E-state index contributed by atoms with van der Waals surface area (Å²) in [7, 11) is 3.28. The smallest absolute Gasteiger partial charge is 0.261 e. The molecule has 0 atom stereocenters. The number of carbonyl (C=O) groups is 1. The molecule has 34 heavy (non-hydrogen) atoms. The molecule has 5 rings (SSSR count). The van der Waals surface area contributed by atoms with Crippen molar-refractivity contribution in [2.24, 2.45) is 11.8 Å². The maximum Gasteiger partial charge on any atom is 0.261 e. The number of carbonyl (C=O) groups excluding carboxylic acids is 1. The monoisotopic (exact) mass is 461 g/mol. The molecule has 0 unspecified atom stereocenters. The molecule has 0 spiro atoms. The molecule has 2 heterocycles. The Bertz CT molecular complexity index is 1260. The predicted molar refractivity (Wildman–Crippen MR) is 130 cm³/mol. The van der Waals surface area contributed by atoms with Crippen molar-refractivity contribution in [2.75, 3.05) is 20.8 Å². The van der Waals surface area contributed by atoms with Crippen LogP contribution < -0.4 is 15.0 Å². The predicted octanol–water partition coefficient (Wildman–Crippen LogP) is 3.81. The number of amides is 1. The van der Waals surface area contributed by atoms with Gasteiger partial charge in [-0.15, -0.1) is 0 Å². The van der Waals surface area contributed by atoms with Gasteiger partial charge >= 0.3 is 0 Å². The lowest BCUT2D eigenvalue weighted by Crippen LogP contribution is -2.41. The van der Waals surface area contributed by atoms with E-state index in [-0.39, 0.29) is 17.4 Å². The van der Waals surface area contributed by atoms with Crippen molar-refractivity contribution >= 4 is 16.8 Å². The van der Waals surface area contributed by atoms with Crippen molar-refractivity contribution in [3.8, 4) is 11.5 Å². The first-order valence-electron chi connectivity index (χ1n) is 12.0. The van der Waals surface area contributed by atoms with Crippen LogP contribution in [0.25, 0.3) is 10.9 Å². The molecule has 0 bridgehead atoms. The van der Waals surface area contributed by atoms with Crippen LogP contribution in [0.3, 0.4) is 0 Å². The minimum absolute atomic E-state index is 0.0165. The van der Waals surface area contributed by atoms with Crippen LogP contribution in [0.5, 0.6) is 11.5 Å². The zero-order valence-electron chi connectivity index (χ0n) is 19.8. The van der Waals surface area contributed by atoms with Gasteiger partial charge in [-0.05, 0) is 73.4 Å². The van der Waals surface area contributed by atoms with Gasteiger partial charge in [-0.25, -0.2) is 4.98 Å². The summed E-state index contributed by atoms with van der Waals surface area (Å²) in [5.74, 6) is 2.14. The van der Waals surface area contributed by atoms with Crippen LogP contribution in [0.2, 0.25) is 0 Å². The van der Waals surface area contributed by atoms with Crippen molar-refractivity contribution in [3.05, 3.63) is 64.2 Å². The maximum absolute atomic E-state index is 13.3. The minimum Gasteiger partial charge on any atom is -0.493 e. The van der Waals surface area contributed by atoms with Gasteiger partial charge in [0, 0.05) is 25.6 Å². The first kappa shape index (κ1) is 22.4. The highest BCUT2D eigenvalue weighted by molar-refractivity contribution is 5.79. The Labute approximate surface area is 199 Å². The first-order chi connectivity index (χ1) is 16.6. The topological polar surface area (TPSA) is 73.7 Å². The maximum atomic E-state index is 13.3. The Balaban J connectivity index is 1.20. The molecule has 1 fully saturated rings. The summed E-state index contributed by atoms with van der Waals surface area (Å²) in [6, 6.07) is 11.5. The standard InChI is InChI=1S/C27H31N3O4/c1-33-24-13-20-11-12-29(16-21(20)14-25(24)34-2)26(31)19-9-7-18(8-10-19)15-30-17-28-23-6-4-3-5-22(23)27(30)32/h3-6,13-14,17-19H,7-12,15-16H2,1-2H3. The second-order valence-corrected chi connectivity index (χ2v) is 9.42. The molecular formula is C27H31N3O4. The summed E-state index contributed by atoms with van der Waals surface area (Å²) in [6.45, 7) is 2.02. The van der Waals surface area contributed by atoms with Gasteiger partial charge in [0.25, 0.3) is 5.56 Å². The summed E-state index contributed by atoms with van der Waals surface area (Å²) in [5.41, 5.74) is 3.11. The summed E-state index contributed by atoms with van der Waals surface area (Å²) >= 11 is 0. The van der Waals surface area contributed by atoms with E-state index < -0.39 is 0 Å². The number of nitrogens with zero attached hydrogens (tertiary/aromatic N) is 3. The van der Waals surface area contributed by atoms with E-state index in [4.69, 9.17) is 9.47 Å². The quantitative estimate of drug-likeness (QED) is 0.578. The van der Waals surface area contributed by atoms with Crippen molar-refractivity contribution < 1.29 is 14.3 Å². The van der Waals surface area contributed by atoms with Crippen molar-refractivity contribution in [1.82, 2.24) is 14.5 Å². The van der Waals surface area contributed by atoms with Crippen LogP contribution in [0.1, 0.15) is 36.8 Å². The molecule has 7 nitrogen and oxygen atoms in total. The van der Waals surface area contributed by atoms with Gasteiger partial charge in [-0.1, -0.05) is 12.1 Å². The molecule has 0 N–H and O–H groups in total. The van der Waals surface area contributed by atoms with Crippen LogP contribution in [0, 0.1) is 11.8 Å². The summed E-state index contributed by atoms with van der Waals surface area (Å²) in [5, 5.41) is 0.661. The lowest BCUT2D eigenvalue weighted by atomic mass is 9.81. The van der Waals surface area contributed by atoms with Gasteiger partial charge in [0.15, 0.2) is 11.5 Å². The second kappa shape index (κ2) is 9.49. The highest BCUT2D eigenvalue weighted by atomic mass is 16.5.